The predicted octanol–water partition coefficient (Wildman–Crippen LogP) is 4.05. The maximum atomic E-state index is 13.2. The van der Waals surface area contributed by atoms with Crippen molar-refractivity contribution in [3.05, 3.63) is 104 Å². The average Bonchev–Trinajstić information content (AvgIpc) is 2.74. The molecule has 3 aromatic carbocycles. The second kappa shape index (κ2) is 7.96. The smallest absolute Gasteiger partial charge is 0.268 e. The van der Waals surface area contributed by atoms with E-state index in [1.807, 2.05) is 31.2 Å². The Kier molecular flexibility index (Phi) is 5.04. The number of hydrogen-bond acceptors (Lipinski definition) is 6. The molecule has 0 saturated heterocycles. The van der Waals surface area contributed by atoms with Gasteiger partial charge in [-0.15, -0.1) is 0 Å². The van der Waals surface area contributed by atoms with E-state index < -0.39 is 4.92 Å². The first-order valence-electron chi connectivity index (χ1n) is 9.16. The lowest BCUT2D eigenvalue weighted by atomic mass is 10.2. The number of para-hydroxylation sites is 2. The molecule has 148 valence electrons. The van der Waals surface area contributed by atoms with E-state index >= 15 is 0 Å². The molecule has 1 aromatic heterocycles. The second-order valence-corrected chi connectivity index (χ2v) is 6.62. The van der Waals surface area contributed by atoms with Crippen LogP contribution >= 0.6 is 0 Å². The van der Waals surface area contributed by atoms with E-state index in [1.165, 1.54) is 16.8 Å². The highest BCUT2D eigenvalue weighted by Crippen LogP contribution is 2.18. The summed E-state index contributed by atoms with van der Waals surface area (Å²) < 4.78 is 1.44. The van der Waals surface area contributed by atoms with Crippen molar-refractivity contribution in [2.45, 2.75) is 6.92 Å². The van der Waals surface area contributed by atoms with E-state index in [2.05, 4.69) is 15.5 Å². The van der Waals surface area contributed by atoms with Gasteiger partial charge >= 0.3 is 0 Å². The van der Waals surface area contributed by atoms with Gasteiger partial charge in [0.25, 0.3) is 11.2 Å². The van der Waals surface area contributed by atoms with Crippen molar-refractivity contribution in [1.29, 1.82) is 0 Å². The topological polar surface area (TPSA) is 102 Å². The van der Waals surface area contributed by atoms with Gasteiger partial charge in [0.1, 0.15) is 0 Å². The normalized spacial score (nSPS) is 11.1. The number of rotatable bonds is 5. The van der Waals surface area contributed by atoms with Crippen molar-refractivity contribution >= 4 is 28.8 Å². The van der Waals surface area contributed by atoms with Crippen molar-refractivity contribution < 1.29 is 4.92 Å². The molecular formula is C22H17N5O3. The largest absolute Gasteiger partial charge is 0.278 e. The van der Waals surface area contributed by atoms with Gasteiger partial charge in [-0.25, -0.2) is 15.0 Å². The molecule has 4 rings (SSSR count). The van der Waals surface area contributed by atoms with E-state index in [4.69, 9.17) is 0 Å². The molecule has 4 aromatic rings. The van der Waals surface area contributed by atoms with Crippen LogP contribution in [0.25, 0.3) is 16.6 Å². The van der Waals surface area contributed by atoms with E-state index in [9.17, 15) is 14.9 Å². The van der Waals surface area contributed by atoms with Gasteiger partial charge in [-0.2, -0.15) is 5.10 Å². The number of aryl methyl sites for hydroxylation is 1. The number of nitro benzene ring substituents is 1. The Bertz CT molecular complexity index is 1340. The van der Waals surface area contributed by atoms with Gasteiger partial charge in [0.15, 0.2) is 0 Å². The molecule has 0 unspecified atom stereocenters. The number of nitrogens with zero attached hydrogens (tertiary/aromatic N) is 4. The third-order valence-corrected chi connectivity index (χ3v) is 4.54. The number of anilines is 1. The molecule has 0 aliphatic heterocycles. The summed E-state index contributed by atoms with van der Waals surface area (Å²) in [5.41, 5.74) is 4.96. The fourth-order valence-electron chi connectivity index (χ4n) is 3.14. The van der Waals surface area contributed by atoms with Crippen LogP contribution in [0.5, 0.6) is 0 Å². The number of benzene rings is 3. The first-order valence-corrected chi connectivity index (χ1v) is 9.16. The minimum absolute atomic E-state index is 0.0643. The van der Waals surface area contributed by atoms with Crippen LogP contribution in [0.1, 0.15) is 11.1 Å². The Morgan fingerprint density at radius 2 is 1.83 bits per heavy atom. The quantitative estimate of drug-likeness (QED) is 0.310. The highest BCUT2D eigenvalue weighted by atomic mass is 16.6. The zero-order valence-electron chi connectivity index (χ0n) is 16.0. The number of nitrogens with one attached hydrogen (secondary N) is 1. The summed E-state index contributed by atoms with van der Waals surface area (Å²) >= 11 is 0. The molecule has 8 nitrogen and oxygen atoms in total. The van der Waals surface area contributed by atoms with E-state index in [-0.39, 0.29) is 17.2 Å². The summed E-state index contributed by atoms with van der Waals surface area (Å²) in [6.45, 7) is 1.93. The maximum Gasteiger partial charge on any atom is 0.278 e. The van der Waals surface area contributed by atoms with Gasteiger partial charge in [0, 0.05) is 6.07 Å². The summed E-state index contributed by atoms with van der Waals surface area (Å²) in [6.07, 6.45) is 1.33. The summed E-state index contributed by atoms with van der Waals surface area (Å²) in [6, 6.07) is 20.8. The lowest BCUT2D eigenvalue weighted by Gasteiger charge is -2.13. The standard InChI is InChI=1S/C22H17N5O3/c1-15-7-6-9-17(13-15)26-21(28)18-10-3-4-11-19(18)24-22(26)25-23-14-16-8-2-5-12-20(16)27(29)30/h2-14H,1H3,(H,24,25)/b23-14+. The molecule has 1 N–H and O–H groups in total. The zero-order valence-corrected chi connectivity index (χ0v) is 16.0. The Morgan fingerprint density at radius 3 is 2.63 bits per heavy atom. The van der Waals surface area contributed by atoms with Crippen LogP contribution in [0.15, 0.2) is 82.7 Å². The number of hydrogen-bond donors (Lipinski definition) is 1. The predicted molar refractivity (Wildman–Crippen MR) is 116 cm³/mol. The average molecular weight is 399 g/mol. The monoisotopic (exact) mass is 399 g/mol. The second-order valence-electron chi connectivity index (χ2n) is 6.62. The van der Waals surface area contributed by atoms with Crippen LogP contribution in [0.3, 0.4) is 0 Å². The molecule has 0 aliphatic rings. The first kappa shape index (κ1) is 19.0. The molecule has 0 aliphatic carbocycles. The lowest BCUT2D eigenvalue weighted by molar-refractivity contribution is -0.385. The Labute approximate surface area is 171 Å². The molecule has 0 amide bonds. The molecule has 1 heterocycles. The summed E-state index contributed by atoms with van der Waals surface area (Å²) in [5.74, 6) is 0.208. The Hall–Kier alpha value is -4.33. The van der Waals surface area contributed by atoms with Gasteiger partial charge in [0.05, 0.1) is 33.3 Å². The van der Waals surface area contributed by atoms with Crippen LogP contribution < -0.4 is 11.0 Å². The van der Waals surface area contributed by atoms with Crippen molar-refractivity contribution in [3.8, 4) is 5.69 Å². The molecule has 0 bridgehead atoms. The number of hydrazone groups is 1. The zero-order chi connectivity index (χ0) is 21.1. The number of nitro groups is 1. The molecule has 0 fully saturated rings. The Balaban J connectivity index is 1.81. The molecule has 0 radical (unpaired) electrons. The van der Waals surface area contributed by atoms with E-state index in [0.717, 1.165) is 5.56 Å². The van der Waals surface area contributed by atoms with Crippen molar-refractivity contribution in [3.63, 3.8) is 0 Å². The van der Waals surface area contributed by atoms with Gasteiger partial charge in [0.2, 0.25) is 5.95 Å². The minimum Gasteiger partial charge on any atom is -0.268 e. The van der Waals surface area contributed by atoms with Crippen LogP contribution in [0.2, 0.25) is 0 Å². The SMILES string of the molecule is Cc1cccc(-n2c(N/N=C/c3ccccc3[N+](=O)[O-])nc3ccccc3c2=O)c1. The van der Waals surface area contributed by atoms with Crippen molar-refractivity contribution in [2.24, 2.45) is 5.10 Å². The molecule has 30 heavy (non-hydrogen) atoms. The molecule has 8 heteroatoms. The summed E-state index contributed by atoms with van der Waals surface area (Å²) in [5, 5.41) is 15.8. The van der Waals surface area contributed by atoms with Crippen LogP contribution in [0, 0.1) is 17.0 Å². The molecule has 0 spiro atoms. The highest BCUT2D eigenvalue weighted by Gasteiger charge is 2.13. The molecule has 0 saturated carbocycles. The van der Waals surface area contributed by atoms with Gasteiger partial charge in [-0.05, 0) is 42.8 Å². The lowest BCUT2D eigenvalue weighted by Crippen LogP contribution is -2.22. The fraction of sp³-hybridized carbons (Fsp3) is 0.0455. The number of fused-ring (bicyclic) bond motifs is 1. The highest BCUT2D eigenvalue weighted by molar-refractivity contribution is 5.85. The minimum atomic E-state index is -0.474. The number of aromatic nitrogens is 2. The van der Waals surface area contributed by atoms with Crippen LogP contribution in [-0.4, -0.2) is 20.7 Å². The van der Waals surface area contributed by atoms with Crippen LogP contribution in [-0.2, 0) is 0 Å². The van der Waals surface area contributed by atoms with E-state index in [1.54, 1.807) is 42.5 Å². The van der Waals surface area contributed by atoms with E-state index in [0.29, 0.717) is 22.2 Å². The Morgan fingerprint density at radius 1 is 1.07 bits per heavy atom. The molecular weight excluding hydrogens is 382 g/mol. The van der Waals surface area contributed by atoms with Crippen molar-refractivity contribution in [2.75, 3.05) is 5.43 Å². The third kappa shape index (κ3) is 3.66. The van der Waals surface area contributed by atoms with Gasteiger partial charge < -0.3 is 0 Å². The van der Waals surface area contributed by atoms with Gasteiger partial charge in [-0.1, -0.05) is 36.4 Å². The first-order chi connectivity index (χ1) is 14.5. The summed E-state index contributed by atoms with van der Waals surface area (Å²) in [4.78, 5) is 28.4. The third-order valence-electron chi connectivity index (χ3n) is 4.54. The van der Waals surface area contributed by atoms with Gasteiger partial charge in [-0.3, -0.25) is 14.9 Å². The summed E-state index contributed by atoms with van der Waals surface area (Å²) in [7, 11) is 0. The van der Waals surface area contributed by atoms with Crippen molar-refractivity contribution in [1.82, 2.24) is 9.55 Å². The fourth-order valence-corrected chi connectivity index (χ4v) is 3.14. The molecule has 0 atom stereocenters. The van der Waals surface area contributed by atoms with Crippen LogP contribution in [0.4, 0.5) is 11.6 Å². The maximum absolute atomic E-state index is 13.2.